The standard InChI is InChI=1S/C52H65FN2O10S/c1-29(34-13-11-33(12-14-34)23-43(60)31(3)55-47(63)30(2)22-38(57)9-8-10-42(59)32(4)66-7)21-37-17-15-35(27-54-37)48-64-46-25-41-40-18-16-36-24-39(58)19-20-49(36,5)51(40,53)44(61)26-50(41,6)52(46,65-48)45(62)28-56/h11-15,17,19-20,24,27,29-32,40-41,44,46,48,56,61H,8-10,16,18,21-23,25-26,28H2,1-7H3,(H,55,63)/t29-,30+,31-,32?,40-,41-,44-,46+,48+,49-,50-,51-,52+/m0/s1. The third-order valence-corrected chi connectivity index (χ3v) is 17.0. The number of nitrogens with one attached hydrogen (secondary N) is 1. The number of nitrogens with zero attached hydrogens (tertiary/aromatic N) is 1. The number of pyridine rings is 1. The van der Waals surface area contributed by atoms with Crippen molar-refractivity contribution in [2.24, 2.45) is 28.6 Å². The van der Waals surface area contributed by atoms with Crippen LogP contribution in [0.1, 0.15) is 128 Å². The van der Waals surface area contributed by atoms with Crippen LogP contribution < -0.4 is 5.32 Å². The summed E-state index contributed by atoms with van der Waals surface area (Å²) in [5, 5.41) is 24.8. The van der Waals surface area contributed by atoms with E-state index in [1.165, 1.54) is 23.9 Å². The quantitative estimate of drug-likeness (QED) is 0.134. The molecule has 1 aromatic heterocycles. The van der Waals surface area contributed by atoms with Crippen LogP contribution in [0.2, 0.25) is 0 Å². The van der Waals surface area contributed by atoms with Gasteiger partial charge in [0.25, 0.3) is 0 Å². The maximum Gasteiger partial charge on any atom is 0.223 e. The van der Waals surface area contributed by atoms with E-state index in [9.17, 15) is 39.0 Å². The van der Waals surface area contributed by atoms with E-state index in [4.69, 9.17) is 14.5 Å². The first-order valence-corrected chi connectivity index (χ1v) is 24.7. The SMILES string of the molecule is CSC(C)C(=O)CCCC(=O)C[C@@H](C)C(=O)N[C@@H](C)C(=O)Cc1ccc([C@@H](C)Cc2ccc([C@@H]3O[C@@H]4C[C@H]5[C@@H]6CCC7=CC(=O)C=C[C@]7(C)[C@@]6(F)[C@@H](O)C[C@]5(C)[C@]4(C(=O)CO)O3)cn2)cc1. The number of halogens is 1. The number of aliphatic hydroxyl groups is 2. The van der Waals surface area contributed by atoms with E-state index in [1.54, 1.807) is 33.0 Å². The van der Waals surface area contributed by atoms with Crippen molar-refractivity contribution in [2.45, 2.75) is 153 Å². The topological polar surface area (TPSA) is 186 Å². The zero-order chi connectivity index (χ0) is 47.9. The Hall–Kier alpha value is -4.21. The monoisotopic (exact) mass is 928 g/mol. The van der Waals surface area contributed by atoms with Gasteiger partial charge in [-0.05, 0) is 107 Å². The van der Waals surface area contributed by atoms with Crippen LogP contribution >= 0.6 is 11.8 Å². The van der Waals surface area contributed by atoms with Gasteiger partial charge in [0, 0.05) is 65.8 Å². The number of Topliss-reactive ketones (excluding diaryl/α,β-unsaturated/α-hetero) is 4. The number of hydrogen-bond donors (Lipinski definition) is 3. The minimum absolute atomic E-state index is 0.0530. The van der Waals surface area contributed by atoms with Crippen LogP contribution in [0.5, 0.6) is 0 Å². The Morgan fingerprint density at radius 3 is 2.39 bits per heavy atom. The molecule has 0 radical (unpaired) electrons. The summed E-state index contributed by atoms with van der Waals surface area (Å²) in [6, 6.07) is 10.7. The van der Waals surface area contributed by atoms with Crippen LogP contribution in [0, 0.1) is 28.6 Å². The first-order chi connectivity index (χ1) is 31.2. The van der Waals surface area contributed by atoms with Crippen LogP contribution in [0.3, 0.4) is 0 Å². The Balaban J connectivity index is 0.925. The van der Waals surface area contributed by atoms with E-state index >= 15 is 4.39 Å². The Morgan fingerprint density at radius 2 is 1.73 bits per heavy atom. The molecule has 5 aliphatic rings. The number of carbonyl (C=O) groups is 6. The van der Waals surface area contributed by atoms with Gasteiger partial charge in [0.05, 0.1) is 23.5 Å². The summed E-state index contributed by atoms with van der Waals surface area (Å²) < 4.78 is 30.9. The van der Waals surface area contributed by atoms with Crippen LogP contribution in [-0.4, -0.2) is 97.7 Å². The molecule has 1 saturated heterocycles. The molecule has 2 aromatic rings. The normalized spacial score (nSPS) is 32.7. The van der Waals surface area contributed by atoms with E-state index < -0.39 is 76.8 Å². The summed E-state index contributed by atoms with van der Waals surface area (Å²) in [5.41, 5.74) is -2.04. The van der Waals surface area contributed by atoms with Crippen molar-refractivity contribution in [3.63, 3.8) is 0 Å². The van der Waals surface area contributed by atoms with Gasteiger partial charge in [-0.1, -0.05) is 62.8 Å². The number of ketones is 5. The maximum absolute atomic E-state index is 17.7. The molecule has 66 heavy (non-hydrogen) atoms. The summed E-state index contributed by atoms with van der Waals surface area (Å²) in [4.78, 5) is 81.3. The number of aliphatic hydroxyl groups excluding tert-OH is 2. The molecular weight excluding hydrogens is 864 g/mol. The average Bonchev–Trinajstić information content (AvgIpc) is 3.79. The van der Waals surface area contributed by atoms with E-state index in [1.807, 2.05) is 56.5 Å². The predicted octanol–water partition coefficient (Wildman–Crippen LogP) is 6.83. The fraction of sp³-hybridized carbons (Fsp3) is 0.596. The molecule has 7 rings (SSSR count). The number of fused-ring (bicyclic) bond motifs is 7. The van der Waals surface area contributed by atoms with Crippen molar-refractivity contribution in [3.05, 3.63) is 88.8 Å². The Kier molecular flexibility index (Phi) is 14.6. The van der Waals surface area contributed by atoms with E-state index in [0.29, 0.717) is 49.7 Å². The highest BCUT2D eigenvalue weighted by atomic mass is 32.2. The van der Waals surface area contributed by atoms with E-state index in [-0.39, 0.29) is 65.9 Å². The second kappa shape index (κ2) is 19.4. The smallest absolute Gasteiger partial charge is 0.223 e. The lowest BCUT2D eigenvalue weighted by molar-refractivity contribution is -0.231. The first-order valence-electron chi connectivity index (χ1n) is 23.4. The van der Waals surface area contributed by atoms with Crippen molar-refractivity contribution in [3.8, 4) is 0 Å². The molecule has 4 aliphatic carbocycles. The highest BCUT2D eigenvalue weighted by Gasteiger charge is 2.79. The highest BCUT2D eigenvalue weighted by Crippen LogP contribution is 2.72. The molecule has 2 heterocycles. The third kappa shape index (κ3) is 8.85. The highest BCUT2D eigenvalue weighted by molar-refractivity contribution is 7.99. The van der Waals surface area contributed by atoms with Gasteiger partial charge >= 0.3 is 0 Å². The summed E-state index contributed by atoms with van der Waals surface area (Å²) in [6.07, 6.45) is 7.67. The maximum atomic E-state index is 17.7. The second-order valence-electron chi connectivity index (χ2n) is 20.0. The van der Waals surface area contributed by atoms with Crippen molar-refractivity contribution < 1.29 is 52.8 Å². The number of alkyl halides is 1. The molecule has 3 saturated carbocycles. The van der Waals surface area contributed by atoms with Gasteiger partial charge in [-0.3, -0.25) is 33.8 Å². The first kappa shape index (κ1) is 49.7. The van der Waals surface area contributed by atoms with Gasteiger partial charge in [0.15, 0.2) is 34.9 Å². The molecule has 356 valence electrons. The van der Waals surface area contributed by atoms with Gasteiger partial charge in [0.2, 0.25) is 5.91 Å². The van der Waals surface area contributed by atoms with Gasteiger partial charge in [-0.25, -0.2) is 4.39 Å². The number of thioether (sulfide) groups is 1. The average molecular weight is 929 g/mol. The molecule has 1 aromatic carbocycles. The van der Waals surface area contributed by atoms with Crippen molar-refractivity contribution >= 4 is 46.6 Å². The summed E-state index contributed by atoms with van der Waals surface area (Å²) in [6.45, 7) is 10.0. The molecule has 14 heteroatoms. The van der Waals surface area contributed by atoms with Crippen LogP contribution in [0.15, 0.2) is 66.4 Å². The molecule has 12 nitrogen and oxygen atoms in total. The van der Waals surface area contributed by atoms with Crippen molar-refractivity contribution in [1.82, 2.24) is 10.3 Å². The Bertz CT molecular complexity index is 2280. The van der Waals surface area contributed by atoms with Crippen molar-refractivity contribution in [1.29, 1.82) is 0 Å². The zero-order valence-corrected chi connectivity index (χ0v) is 40.0. The molecule has 1 aliphatic heterocycles. The van der Waals surface area contributed by atoms with Gasteiger partial charge in [-0.15, -0.1) is 0 Å². The fourth-order valence-electron chi connectivity index (χ4n) is 11.9. The number of ether oxygens (including phenoxy) is 2. The van der Waals surface area contributed by atoms with Gasteiger partial charge in [-0.2, -0.15) is 11.8 Å². The van der Waals surface area contributed by atoms with Gasteiger partial charge in [0.1, 0.15) is 18.2 Å². The number of carbonyl (C=O) groups excluding carboxylic acids is 6. The zero-order valence-electron chi connectivity index (χ0n) is 39.1. The van der Waals surface area contributed by atoms with Gasteiger partial charge < -0.3 is 25.0 Å². The summed E-state index contributed by atoms with van der Waals surface area (Å²) in [7, 11) is 0. The van der Waals surface area contributed by atoms with E-state index in [0.717, 1.165) is 16.8 Å². The molecule has 4 fully saturated rings. The van der Waals surface area contributed by atoms with E-state index in [2.05, 4.69) is 12.2 Å². The number of benzene rings is 1. The third-order valence-electron chi connectivity index (χ3n) is 16.0. The predicted molar refractivity (Wildman–Crippen MR) is 247 cm³/mol. The molecule has 0 bridgehead atoms. The molecular formula is C52H65FN2O10S. The second-order valence-corrected chi connectivity index (χ2v) is 21.2. The van der Waals surface area contributed by atoms with Crippen LogP contribution in [-0.2, 0) is 51.1 Å². The molecule has 3 N–H and O–H groups in total. The Labute approximate surface area is 391 Å². The largest absolute Gasteiger partial charge is 0.390 e. The van der Waals surface area contributed by atoms with Crippen LogP contribution in [0.4, 0.5) is 4.39 Å². The number of aromatic nitrogens is 1. The number of amides is 1. The molecule has 0 spiro atoms. The number of allylic oxidation sites excluding steroid dienone is 4. The molecule has 1 amide bonds. The number of rotatable bonds is 19. The summed E-state index contributed by atoms with van der Waals surface area (Å²) >= 11 is 1.48. The molecule has 13 atom stereocenters. The Morgan fingerprint density at radius 1 is 1.00 bits per heavy atom. The lowest BCUT2D eigenvalue weighted by Gasteiger charge is -2.62. The minimum atomic E-state index is -2.08. The summed E-state index contributed by atoms with van der Waals surface area (Å²) in [5.74, 6) is -2.82. The fourth-order valence-corrected chi connectivity index (χ4v) is 12.3. The molecule has 1 unspecified atom stereocenters. The lowest BCUT2D eigenvalue weighted by Crippen LogP contribution is -2.69. The number of hydrogen-bond acceptors (Lipinski definition) is 12. The minimum Gasteiger partial charge on any atom is -0.390 e. The van der Waals surface area contributed by atoms with Crippen LogP contribution in [0.25, 0.3) is 0 Å². The lowest BCUT2D eigenvalue weighted by atomic mass is 9.44. The van der Waals surface area contributed by atoms with Crippen molar-refractivity contribution in [2.75, 3.05) is 12.9 Å².